The highest BCUT2D eigenvalue weighted by molar-refractivity contribution is 6.07. The van der Waals surface area contributed by atoms with E-state index in [2.05, 4.69) is 55.6 Å². The van der Waals surface area contributed by atoms with Gasteiger partial charge < -0.3 is 60.4 Å². The predicted molar refractivity (Wildman–Crippen MR) is 356 cm³/mol. The van der Waals surface area contributed by atoms with Crippen LogP contribution in [0.3, 0.4) is 0 Å². The number of primary amides is 1. The first-order chi connectivity index (χ1) is 45.6. The maximum atomic E-state index is 14.1. The Hall–Kier alpha value is -9.92. The topological polar surface area (TPSA) is 272 Å². The number of hydrogen-bond acceptors (Lipinski definition) is 15. The Morgan fingerprint density at radius 2 is 1.56 bits per heavy atom. The zero-order valence-electron chi connectivity index (χ0n) is 52.9. The number of piperidine rings is 2. The van der Waals surface area contributed by atoms with Gasteiger partial charge in [0.25, 0.3) is 5.56 Å². The number of aromatic nitrogens is 4. The molecule has 1 saturated carbocycles. The maximum absolute atomic E-state index is 14.1. The number of alkyl carbamates (subject to hydrolysis) is 1. The van der Waals surface area contributed by atoms with Crippen LogP contribution >= 0.6 is 0 Å². The lowest BCUT2D eigenvalue weighted by Crippen LogP contribution is -2.57. The maximum Gasteiger partial charge on any atom is 0.407 e. The molecule has 7 N–H and O–H groups in total. The summed E-state index contributed by atoms with van der Waals surface area (Å²) in [5.41, 5.74) is 13.5. The fraction of sp³-hybridized carbons (Fsp3) is 0.361. The van der Waals surface area contributed by atoms with Gasteiger partial charge in [-0.15, -0.1) is 0 Å². The van der Waals surface area contributed by atoms with E-state index in [9.17, 15) is 33.9 Å². The molecule has 6 amide bonds. The van der Waals surface area contributed by atoms with Crippen molar-refractivity contribution in [1.29, 1.82) is 0 Å². The normalized spacial score (nSPS) is 17.6. The zero-order valence-corrected chi connectivity index (χ0v) is 52.9. The number of aromatic amines is 1. The van der Waals surface area contributed by atoms with Gasteiger partial charge in [-0.3, -0.25) is 24.1 Å². The number of nitrogens with one attached hydrogen (secondary N) is 4. The molecular formula is C72H76N12O10. The van der Waals surface area contributed by atoms with Crippen LogP contribution in [0.1, 0.15) is 92.2 Å². The van der Waals surface area contributed by atoms with Crippen molar-refractivity contribution in [3.8, 4) is 39.8 Å². The molecule has 6 heterocycles. The Kier molecular flexibility index (Phi) is 17.8. The van der Waals surface area contributed by atoms with Crippen molar-refractivity contribution in [1.82, 2.24) is 45.3 Å². The van der Waals surface area contributed by atoms with Gasteiger partial charge >= 0.3 is 12.1 Å². The minimum Gasteiger partial charge on any atom is -0.495 e. The molecule has 4 fully saturated rings. The number of nitrogens with two attached hydrogens (primary N) is 1. The third-order valence-corrected chi connectivity index (χ3v) is 19.2. The molecule has 22 heteroatoms. The fourth-order valence-corrected chi connectivity index (χ4v) is 13.8. The summed E-state index contributed by atoms with van der Waals surface area (Å²) >= 11 is 0. The van der Waals surface area contributed by atoms with E-state index >= 15 is 0 Å². The van der Waals surface area contributed by atoms with E-state index in [0.29, 0.717) is 46.7 Å². The number of aliphatic hydroxyl groups is 1. The molecule has 13 rings (SSSR count). The Morgan fingerprint density at radius 3 is 2.27 bits per heavy atom. The number of amides is 6. The molecule has 3 aromatic heterocycles. The van der Waals surface area contributed by atoms with Gasteiger partial charge in [0.1, 0.15) is 30.6 Å². The van der Waals surface area contributed by atoms with Gasteiger partial charge in [0.15, 0.2) is 5.60 Å². The van der Waals surface area contributed by atoms with Crippen molar-refractivity contribution in [2.75, 3.05) is 76.1 Å². The van der Waals surface area contributed by atoms with Gasteiger partial charge in [0, 0.05) is 98.0 Å². The molecule has 5 aliphatic rings. The number of H-pyrrole nitrogens is 1. The number of benzene rings is 5. The van der Waals surface area contributed by atoms with Gasteiger partial charge in [-0.1, -0.05) is 96.8 Å². The molecule has 2 aliphatic carbocycles. The molecule has 0 spiro atoms. The van der Waals surface area contributed by atoms with Gasteiger partial charge in [-0.05, 0) is 115 Å². The monoisotopic (exact) mass is 1270 g/mol. The lowest BCUT2D eigenvalue weighted by atomic mass is 9.87. The minimum absolute atomic E-state index is 0.0220. The number of fused-ring (bicyclic) bond motifs is 5. The number of rotatable bonds is 20. The van der Waals surface area contributed by atoms with Crippen molar-refractivity contribution in [2.24, 2.45) is 12.8 Å². The Morgan fingerprint density at radius 1 is 0.840 bits per heavy atom. The average Bonchev–Trinajstić information content (AvgIpc) is 1.11. The second-order valence-corrected chi connectivity index (χ2v) is 25.3. The van der Waals surface area contributed by atoms with E-state index in [1.54, 1.807) is 36.0 Å². The van der Waals surface area contributed by atoms with Crippen molar-refractivity contribution < 1.29 is 43.3 Å². The Bertz CT molecular complexity index is 4310. The number of hydrogen-bond donors (Lipinski definition) is 6. The molecule has 2 atom stereocenters. The molecular weight excluding hydrogens is 1190 g/mol. The van der Waals surface area contributed by atoms with Crippen LogP contribution in [0.2, 0.25) is 0 Å². The standard InChI is InChI=1S/C72H76N12O10/c1-71(76-31-11-12-45-19-24-61(92-3)60(38-45)83-35-28-63(87)84(70(83)91)44-75-66(88)59(40-62(73)86)78-69(90)93-42-57-52-17-9-7-15-50(52)51-16-8-10-18-53(51)57)29-36-81(37-30-71)48-26-33-82(34-27-48)68-77-58-23-20-46(56-41-80(2)67(89)64-54(56)25-32-74-64)39-55(58)65(79-68)72(43-85,94-49-21-22-49)47-13-5-4-6-14-47/h4-10,13-20,23-25,32,38-39,41,48-49,57,59,74,76,85H,21-22,26-31,33-37,40,42-44H2,1-3H3,(H2,73,86)(H,75,88)(H,78,90)/t59-,72-/m0/s1. The molecule has 0 unspecified atom stereocenters. The summed E-state index contributed by atoms with van der Waals surface area (Å²) in [5, 5.41) is 21.9. The summed E-state index contributed by atoms with van der Waals surface area (Å²) in [5.74, 6) is 4.99. The van der Waals surface area contributed by atoms with Crippen LogP contribution in [-0.4, -0.2) is 154 Å². The summed E-state index contributed by atoms with van der Waals surface area (Å²) in [7, 11) is 3.23. The van der Waals surface area contributed by atoms with Gasteiger partial charge in [0.05, 0.1) is 49.7 Å². The number of likely N-dealkylation sites (tertiary alicyclic amines) is 1. The van der Waals surface area contributed by atoms with E-state index in [-0.39, 0.29) is 49.3 Å². The molecule has 0 bridgehead atoms. The van der Waals surface area contributed by atoms with Crippen LogP contribution < -0.4 is 41.8 Å². The molecule has 5 aromatic carbocycles. The summed E-state index contributed by atoms with van der Waals surface area (Å²) in [6.45, 7) is 5.12. The third-order valence-electron chi connectivity index (χ3n) is 19.2. The van der Waals surface area contributed by atoms with Crippen LogP contribution in [-0.2, 0) is 36.5 Å². The summed E-state index contributed by atoms with van der Waals surface area (Å²) in [6.07, 6.45) is 7.53. The number of ether oxygens (including phenoxy) is 3. The van der Waals surface area contributed by atoms with Crippen LogP contribution in [0.25, 0.3) is 44.1 Å². The molecule has 3 aliphatic heterocycles. The second kappa shape index (κ2) is 26.6. The van der Waals surface area contributed by atoms with Gasteiger partial charge in [-0.2, -0.15) is 0 Å². The third kappa shape index (κ3) is 12.7. The number of imide groups is 1. The highest BCUT2D eigenvalue weighted by Crippen LogP contribution is 2.46. The van der Waals surface area contributed by atoms with Gasteiger partial charge in [0.2, 0.25) is 23.7 Å². The first-order valence-corrected chi connectivity index (χ1v) is 32.1. The van der Waals surface area contributed by atoms with Crippen LogP contribution in [0, 0.1) is 11.8 Å². The Balaban J connectivity index is 0.621. The fourth-order valence-electron chi connectivity index (χ4n) is 13.8. The number of carbonyl (C=O) groups excluding carboxylic acids is 5. The first kappa shape index (κ1) is 62.9. The summed E-state index contributed by atoms with van der Waals surface area (Å²) in [4.78, 5) is 100. The molecule has 8 aromatic rings. The summed E-state index contributed by atoms with van der Waals surface area (Å²) < 4.78 is 19.8. The van der Waals surface area contributed by atoms with Crippen LogP contribution in [0.5, 0.6) is 5.75 Å². The largest absolute Gasteiger partial charge is 0.495 e. The number of aliphatic hydroxyl groups excluding tert-OH is 1. The number of urea groups is 1. The zero-order chi connectivity index (χ0) is 65.3. The van der Waals surface area contributed by atoms with E-state index < -0.39 is 54.6 Å². The number of methoxy groups -OCH3 is 1. The number of carbonyl (C=O) groups is 5. The van der Waals surface area contributed by atoms with Crippen LogP contribution in [0.15, 0.2) is 139 Å². The average molecular weight is 1270 g/mol. The van der Waals surface area contributed by atoms with E-state index in [1.807, 2.05) is 103 Å². The first-order valence-electron chi connectivity index (χ1n) is 32.1. The number of aryl methyl sites for hydroxylation is 1. The number of pyridine rings is 1. The van der Waals surface area contributed by atoms with E-state index in [0.717, 1.165) is 125 Å². The predicted octanol–water partition coefficient (Wildman–Crippen LogP) is 7.38. The SMILES string of the molecule is COc1ccc(C#CCNC2(C)CCN(C3CCN(c4nc([C@@](CO)(OC5CC5)c5ccccc5)c5cc(-c6cn(C)c(=O)c7[nH]ccc67)ccc5n4)CC3)CC2)cc1N1CCC(=O)N(CNC(=O)[C@H](CC(N)=O)NC(=O)OCC2c3ccccc3-c3ccccc32)C1=O. The minimum atomic E-state index is -1.46. The van der Waals surface area contributed by atoms with Crippen molar-refractivity contribution >= 4 is 63.3 Å². The summed E-state index contributed by atoms with van der Waals surface area (Å²) in [6, 6.07) is 37.1. The van der Waals surface area contributed by atoms with E-state index in [4.69, 9.17) is 29.9 Å². The highest BCUT2D eigenvalue weighted by atomic mass is 16.5. The van der Waals surface area contributed by atoms with E-state index in [1.165, 1.54) is 12.0 Å². The smallest absolute Gasteiger partial charge is 0.407 e. The van der Waals surface area contributed by atoms with Crippen molar-refractivity contribution in [3.63, 3.8) is 0 Å². The molecule has 3 saturated heterocycles. The lowest BCUT2D eigenvalue weighted by Gasteiger charge is -2.45. The number of anilines is 2. The molecule has 94 heavy (non-hydrogen) atoms. The molecule has 22 nitrogen and oxygen atoms in total. The molecule has 484 valence electrons. The quantitative estimate of drug-likeness (QED) is 0.0406. The lowest BCUT2D eigenvalue weighted by molar-refractivity contribution is -0.131. The second-order valence-electron chi connectivity index (χ2n) is 25.3. The van der Waals surface area contributed by atoms with Crippen molar-refractivity contribution in [3.05, 3.63) is 172 Å². The van der Waals surface area contributed by atoms with Crippen molar-refractivity contribution in [2.45, 2.75) is 93.5 Å². The highest BCUT2D eigenvalue weighted by Gasteiger charge is 2.45. The van der Waals surface area contributed by atoms with Crippen LogP contribution in [0.4, 0.5) is 21.2 Å². The Labute approximate surface area is 543 Å². The van der Waals surface area contributed by atoms with Gasteiger partial charge in [-0.25, -0.2) is 24.5 Å². The number of nitrogens with zero attached hydrogens (tertiary/aromatic N) is 7. The molecule has 0 radical (unpaired) electrons.